The minimum absolute atomic E-state index is 0.00494. The Balaban J connectivity index is 0.704. The number of nitrogens with one attached hydrogen (secondary N) is 2. The number of rotatable bonds is 26. The molecule has 13 heterocycles. The molecule has 5 saturated heterocycles. The van der Waals surface area contributed by atoms with Crippen molar-refractivity contribution in [1.82, 2.24) is 77.7 Å². The molecule has 0 radical (unpaired) electrons. The SMILES string of the molecule is Cc1cn([C@H]2C[C@H](OP(=O)(O)OC[C@H]3O[C@@H](n4cnc5c(N)ncnc54)C[C@@H]3OP(=O)(O)OC[C@H]3O[C@@H](n4cnc5c(N)ncnc54)[C@H](O)[C@@H]3O)[C@@H](COP(=O)(O)O[C@H]3C[C@H](n4cnc5c(=O)[nH]c(N)nc54)O[C@@H]3COP(=O)(O)O[C@H]3C[C@H](n4ccc(N)nc4=O)O[C@@H]3CO)O2)c(=O)[nH]c1=O. The van der Waals surface area contributed by atoms with Crippen LogP contribution in [0.25, 0.3) is 33.5 Å². The molecule has 8 aromatic heterocycles. The summed E-state index contributed by atoms with van der Waals surface area (Å²) in [4.78, 5) is 137. The van der Waals surface area contributed by atoms with Gasteiger partial charge in [0.1, 0.15) is 122 Å². The highest BCUT2D eigenvalue weighted by molar-refractivity contribution is 7.48. The van der Waals surface area contributed by atoms with Crippen LogP contribution in [-0.4, -0.2) is 213 Å². The molecule has 52 heteroatoms. The lowest BCUT2D eigenvalue weighted by atomic mass is 10.1. The second-order valence-electron chi connectivity index (χ2n) is 23.3. The van der Waals surface area contributed by atoms with Crippen LogP contribution in [0.1, 0.15) is 62.4 Å². The van der Waals surface area contributed by atoms with E-state index in [1.165, 1.54) is 45.5 Å². The molecule has 8 aromatic rings. The van der Waals surface area contributed by atoms with Crippen LogP contribution in [0.2, 0.25) is 0 Å². The monoisotopic (exact) mass is 1500 g/mol. The largest absolute Gasteiger partial charge is 0.472 e. The average molecular weight is 1500 g/mol. The number of hydrogen-bond donors (Lipinski definition) is 13. The number of fused-ring (bicyclic) bond motifs is 3. The van der Waals surface area contributed by atoms with E-state index in [-0.39, 0.29) is 75.3 Å². The van der Waals surface area contributed by atoms with Crippen LogP contribution >= 0.6 is 31.3 Å². The molecule has 20 atom stereocenters. The van der Waals surface area contributed by atoms with Crippen LogP contribution in [0, 0.1) is 6.92 Å². The quantitative estimate of drug-likeness (QED) is 0.0241. The molecular formula is C49H62N20O28P4. The predicted octanol–water partition coefficient (Wildman–Crippen LogP) is -2.99. The number of phosphoric ester groups is 4. The minimum Gasteiger partial charge on any atom is -0.394 e. The van der Waals surface area contributed by atoms with Crippen molar-refractivity contribution in [3.05, 3.63) is 97.3 Å². The highest BCUT2D eigenvalue weighted by atomic mass is 31.2. The first-order valence-electron chi connectivity index (χ1n) is 30.0. The van der Waals surface area contributed by atoms with Crippen molar-refractivity contribution in [1.29, 1.82) is 0 Å². The molecule has 48 nitrogen and oxygen atoms in total. The van der Waals surface area contributed by atoms with Gasteiger partial charge in [-0.1, -0.05) is 0 Å². The van der Waals surface area contributed by atoms with E-state index in [0.717, 1.165) is 34.3 Å². The van der Waals surface area contributed by atoms with E-state index in [2.05, 4.69) is 54.8 Å². The molecular weight excluding hydrogens is 1440 g/mol. The Morgan fingerprint density at radius 2 is 0.950 bits per heavy atom. The Bertz CT molecular complexity index is 4890. The van der Waals surface area contributed by atoms with Gasteiger partial charge in [0.25, 0.3) is 11.1 Å². The summed E-state index contributed by atoms with van der Waals surface area (Å²) < 4.78 is 135. The number of nitrogens with zero attached hydrogens (tertiary/aromatic N) is 14. The predicted molar refractivity (Wildman–Crippen MR) is 331 cm³/mol. The normalized spacial score (nSPS) is 30.1. The van der Waals surface area contributed by atoms with E-state index in [0.29, 0.717) is 0 Å². The lowest BCUT2D eigenvalue weighted by Crippen LogP contribution is -2.34. The Morgan fingerprint density at radius 1 is 0.515 bits per heavy atom. The number of aromatic amines is 2. The number of aliphatic hydroxyl groups excluding tert-OH is 3. The summed E-state index contributed by atoms with van der Waals surface area (Å²) >= 11 is 0. The summed E-state index contributed by atoms with van der Waals surface area (Å²) in [6.45, 7) is -3.38. The Kier molecular flexibility index (Phi) is 20.0. The Labute approximate surface area is 561 Å². The molecule has 0 spiro atoms. The molecule has 0 bridgehead atoms. The van der Waals surface area contributed by atoms with Crippen LogP contribution in [0.5, 0.6) is 0 Å². The van der Waals surface area contributed by atoms with Crippen LogP contribution in [0.4, 0.5) is 23.4 Å². The highest BCUT2D eigenvalue weighted by Gasteiger charge is 2.51. The van der Waals surface area contributed by atoms with Crippen LogP contribution in [0.15, 0.2) is 69.3 Å². The van der Waals surface area contributed by atoms with Gasteiger partial charge in [0, 0.05) is 43.6 Å². The number of anilines is 4. The van der Waals surface area contributed by atoms with Gasteiger partial charge in [-0.15, -0.1) is 0 Å². The number of nitrogen functional groups attached to an aromatic ring is 4. The topological polar surface area (TPSA) is 674 Å². The highest BCUT2D eigenvalue weighted by Crippen LogP contribution is 2.55. The summed E-state index contributed by atoms with van der Waals surface area (Å²) in [5, 5.41) is 32.1. The second kappa shape index (κ2) is 28.2. The number of aliphatic hydroxyl groups is 3. The number of ether oxygens (including phenoxy) is 5. The van der Waals surface area contributed by atoms with Crippen molar-refractivity contribution in [3.63, 3.8) is 0 Å². The van der Waals surface area contributed by atoms with Crippen molar-refractivity contribution in [2.45, 2.75) is 131 Å². The Hall–Kier alpha value is -7.67. The van der Waals surface area contributed by atoms with Gasteiger partial charge in [-0.05, 0) is 13.0 Å². The van der Waals surface area contributed by atoms with Crippen molar-refractivity contribution in [3.8, 4) is 0 Å². The van der Waals surface area contributed by atoms with Crippen molar-refractivity contribution in [2.24, 2.45) is 0 Å². The number of phosphoric acid groups is 4. The number of aromatic nitrogens is 16. The summed E-state index contributed by atoms with van der Waals surface area (Å²) in [5.41, 5.74) is 20.1. The van der Waals surface area contributed by atoms with Gasteiger partial charge < -0.3 is 81.5 Å². The zero-order chi connectivity index (χ0) is 71.8. The first-order valence-corrected chi connectivity index (χ1v) is 36.0. The van der Waals surface area contributed by atoms with E-state index in [9.17, 15) is 72.3 Å². The molecule has 0 aliphatic carbocycles. The van der Waals surface area contributed by atoms with E-state index >= 15 is 0 Å². The van der Waals surface area contributed by atoms with Crippen LogP contribution in [-0.2, 0) is 78.1 Å². The lowest BCUT2D eigenvalue weighted by molar-refractivity contribution is -0.0644. The zero-order valence-corrected chi connectivity index (χ0v) is 55.4. The second-order valence-corrected chi connectivity index (χ2v) is 28.9. The fourth-order valence-corrected chi connectivity index (χ4v) is 15.7. The fourth-order valence-electron chi connectivity index (χ4n) is 11.9. The molecule has 13 rings (SSSR count). The number of H-pyrrole nitrogens is 2. The van der Waals surface area contributed by atoms with E-state index in [1.54, 1.807) is 0 Å². The first kappa shape index (κ1) is 71.7. The molecule has 17 N–H and O–H groups in total. The van der Waals surface area contributed by atoms with E-state index < -0.39 is 198 Å². The van der Waals surface area contributed by atoms with Crippen molar-refractivity contribution < 1.29 is 113 Å². The number of aryl methyl sites for hydroxylation is 1. The van der Waals surface area contributed by atoms with Gasteiger partial charge in [0.15, 0.2) is 40.3 Å². The van der Waals surface area contributed by atoms with Crippen LogP contribution in [0.3, 0.4) is 0 Å². The molecule has 4 unspecified atom stereocenters. The van der Waals surface area contributed by atoms with Crippen molar-refractivity contribution in [2.75, 3.05) is 56.0 Å². The zero-order valence-electron chi connectivity index (χ0n) is 51.8. The fraction of sp³-hybridized carbons (Fsp3) is 0.531. The van der Waals surface area contributed by atoms with Gasteiger partial charge in [0.05, 0.1) is 52.0 Å². The smallest absolute Gasteiger partial charge is 0.394 e. The third-order valence-corrected chi connectivity index (χ3v) is 20.7. The molecule has 0 saturated carbocycles. The van der Waals surface area contributed by atoms with Gasteiger partial charge in [0.2, 0.25) is 5.95 Å². The molecule has 0 aromatic carbocycles. The Morgan fingerprint density at radius 3 is 1.46 bits per heavy atom. The summed E-state index contributed by atoms with van der Waals surface area (Å²) in [6, 6.07) is 1.29. The third-order valence-electron chi connectivity index (χ3n) is 16.7. The number of nitrogens with two attached hydrogens (primary N) is 4. The number of imidazole rings is 3. The molecule has 0 amide bonds. The number of hydrogen-bond acceptors (Lipinski definition) is 37. The summed E-state index contributed by atoms with van der Waals surface area (Å²) in [6.07, 6.45) is -17.7. The molecule has 5 aliphatic heterocycles. The van der Waals surface area contributed by atoms with Gasteiger partial charge in [-0.3, -0.25) is 78.6 Å². The summed E-state index contributed by atoms with van der Waals surface area (Å²) in [7, 11) is -21.6. The average Bonchev–Trinajstić information content (AvgIpc) is 1.64. The third kappa shape index (κ3) is 15.2. The summed E-state index contributed by atoms with van der Waals surface area (Å²) in [5.74, 6) is -0.483. The maximum atomic E-state index is 14.2. The van der Waals surface area contributed by atoms with Gasteiger partial charge >= 0.3 is 42.7 Å². The van der Waals surface area contributed by atoms with Gasteiger partial charge in [-0.25, -0.2) is 62.7 Å². The maximum Gasteiger partial charge on any atom is 0.472 e. The van der Waals surface area contributed by atoms with E-state index in [1.807, 2.05) is 0 Å². The minimum atomic E-state index is -5.53. The van der Waals surface area contributed by atoms with E-state index in [4.69, 9.17) is 82.8 Å². The molecule has 101 heavy (non-hydrogen) atoms. The standard InChI is InChI=1S/C49H62N20O28P4/c1-19-8-66(49(76)64-44(19)73)31-5-21(95-99(79,80)87-11-26-22(6-32(91-26)67-16-58-34-39(51)54-14-56-41(34)67)97-101(83,84)88-13-28-37(71)38(72)46(93-28)69-18-59-35-40(52)55-15-57-42(35)69)25(90-31)10-86-100(81,82)96-23-7-33(68-17-60-36-43(68)62-47(53)63-45(36)74)92-27(23)12-85-98(77,78)94-20-4-30(89-24(20)9-70)65-3-2-29(50)61-48(65)75/h2-3,8,14-18,20-28,30-33,37-38,46,70-72H,4-7,9-13H2,1H3,(H,77,78)(H,79,80)(H,81,82)(H,83,84)(H2,50,61,75)(H2,51,54,56)(H2,52,55,57)(H,64,73,76)(H3,53,62,63,74)/t20-,21-,22-,23-,24+,25+,26+,27+,28+,30+,31+,32+,33+,37+,38+,46+/m0/s1. The molecule has 5 aliphatic rings. The first-order chi connectivity index (χ1) is 47.9. The van der Waals surface area contributed by atoms with Gasteiger partial charge in [-0.2, -0.15) is 9.97 Å². The molecule has 5 fully saturated rings. The lowest BCUT2D eigenvalue weighted by Gasteiger charge is -2.25. The maximum absolute atomic E-state index is 14.2. The van der Waals surface area contributed by atoms with Crippen molar-refractivity contribution >= 4 is 88.2 Å². The van der Waals surface area contributed by atoms with Crippen LogP contribution < -0.4 is 45.4 Å². The molecule has 546 valence electrons.